The Morgan fingerprint density at radius 2 is 1.55 bits per heavy atom. The van der Waals surface area contributed by atoms with Gasteiger partial charge < -0.3 is 5.09 Å². The number of nitrogens with one attached hydrogen (secondary N) is 1. The van der Waals surface area contributed by atoms with E-state index in [0.29, 0.717) is 0 Å². The van der Waals surface area contributed by atoms with E-state index >= 15 is 0 Å². The Labute approximate surface area is 130 Å². The molecule has 0 aliphatic carbocycles. The highest BCUT2D eigenvalue weighted by atomic mass is 31.2. The lowest BCUT2D eigenvalue weighted by Crippen LogP contribution is -2.26. The molecule has 3 aromatic rings. The molecule has 0 spiro atoms. The van der Waals surface area contributed by atoms with Gasteiger partial charge in [0.15, 0.2) is 0 Å². The van der Waals surface area contributed by atoms with Gasteiger partial charge in [0.1, 0.15) is 0 Å². The minimum atomic E-state index is -2.85. The Morgan fingerprint density at radius 1 is 0.818 bits per heavy atom. The first kappa shape index (κ1) is 13.4. The number of rotatable bonds is 1. The van der Waals surface area contributed by atoms with Gasteiger partial charge in [0.25, 0.3) is 0 Å². The summed E-state index contributed by atoms with van der Waals surface area (Å²) in [7, 11) is -2.85. The number of fused-ring (bicyclic) bond motifs is 3. The van der Waals surface area contributed by atoms with Crippen molar-refractivity contribution < 1.29 is 4.57 Å². The van der Waals surface area contributed by atoms with Crippen LogP contribution in [0.15, 0.2) is 72.8 Å². The normalized spacial score (nSPS) is 19.0. The Hall–Kier alpha value is -2.31. The van der Waals surface area contributed by atoms with Crippen LogP contribution in [0.2, 0.25) is 0 Å². The second kappa shape index (κ2) is 4.86. The van der Waals surface area contributed by atoms with Gasteiger partial charge in [0, 0.05) is 21.9 Å². The maximum atomic E-state index is 13.8. The van der Waals surface area contributed by atoms with Crippen molar-refractivity contribution in [3.8, 4) is 11.1 Å². The third kappa shape index (κ3) is 1.92. The molecule has 108 valence electrons. The van der Waals surface area contributed by atoms with Gasteiger partial charge in [-0.1, -0.05) is 48.0 Å². The highest BCUT2D eigenvalue weighted by molar-refractivity contribution is 7.80. The van der Waals surface area contributed by atoms with Crippen LogP contribution in [0.4, 0.5) is 5.69 Å². The molecule has 0 saturated carbocycles. The van der Waals surface area contributed by atoms with Crippen molar-refractivity contribution in [1.29, 1.82) is 0 Å². The van der Waals surface area contributed by atoms with Crippen molar-refractivity contribution in [3.05, 3.63) is 78.4 Å². The fraction of sp³-hybridized carbons (Fsp3) is 0.0526. The summed E-state index contributed by atoms with van der Waals surface area (Å²) < 4.78 is 13.8. The average Bonchev–Trinajstić information content (AvgIpc) is 2.57. The molecule has 0 fully saturated rings. The molecule has 1 atom stereocenters. The largest absolute Gasteiger partial charge is 0.329 e. The smallest absolute Gasteiger partial charge is 0.227 e. The minimum Gasteiger partial charge on any atom is -0.329 e. The Bertz CT molecular complexity index is 902. The first-order chi connectivity index (χ1) is 10.7. The summed E-state index contributed by atoms with van der Waals surface area (Å²) in [5.41, 5.74) is 4.33. The minimum absolute atomic E-state index is 0.841. The van der Waals surface area contributed by atoms with Crippen LogP contribution in [0.25, 0.3) is 11.1 Å². The lowest BCUT2D eigenvalue weighted by Gasteiger charge is -2.30. The number of hydrogen-bond donors (Lipinski definition) is 1. The monoisotopic (exact) mass is 305 g/mol. The summed E-state index contributed by atoms with van der Waals surface area (Å²) in [5.74, 6) is 0. The molecule has 0 amide bonds. The van der Waals surface area contributed by atoms with E-state index in [9.17, 15) is 4.57 Å². The van der Waals surface area contributed by atoms with E-state index in [1.807, 2.05) is 54.6 Å². The highest BCUT2D eigenvalue weighted by Crippen LogP contribution is 2.51. The van der Waals surface area contributed by atoms with Crippen molar-refractivity contribution in [1.82, 2.24) is 0 Å². The molecule has 22 heavy (non-hydrogen) atoms. The van der Waals surface area contributed by atoms with Crippen LogP contribution in [0.3, 0.4) is 0 Å². The molecule has 0 saturated heterocycles. The zero-order valence-electron chi connectivity index (χ0n) is 12.3. The molecule has 0 radical (unpaired) electrons. The van der Waals surface area contributed by atoms with Crippen LogP contribution in [-0.2, 0) is 4.57 Å². The second-order valence-electron chi connectivity index (χ2n) is 5.62. The summed E-state index contributed by atoms with van der Waals surface area (Å²) in [5, 5.41) is 5.06. The molecule has 1 heterocycles. The van der Waals surface area contributed by atoms with Gasteiger partial charge in [-0.3, -0.25) is 4.57 Å². The van der Waals surface area contributed by atoms with Gasteiger partial charge in [0.2, 0.25) is 7.29 Å². The summed E-state index contributed by atoms with van der Waals surface area (Å²) >= 11 is 0. The van der Waals surface area contributed by atoms with Crippen molar-refractivity contribution in [2.45, 2.75) is 6.92 Å². The van der Waals surface area contributed by atoms with Crippen LogP contribution in [0, 0.1) is 6.92 Å². The Morgan fingerprint density at radius 3 is 2.36 bits per heavy atom. The third-order valence-corrected chi connectivity index (χ3v) is 6.76. The van der Waals surface area contributed by atoms with Gasteiger partial charge in [-0.2, -0.15) is 0 Å². The summed E-state index contributed by atoms with van der Waals surface area (Å²) in [6.45, 7) is 2.08. The van der Waals surface area contributed by atoms with Crippen LogP contribution >= 0.6 is 7.29 Å². The lowest BCUT2D eigenvalue weighted by atomic mass is 10.0. The summed E-state index contributed by atoms with van der Waals surface area (Å²) in [4.78, 5) is 0. The molecule has 3 heteroatoms. The average molecular weight is 305 g/mol. The van der Waals surface area contributed by atoms with Gasteiger partial charge >= 0.3 is 0 Å². The molecule has 0 bridgehead atoms. The Kier molecular flexibility index (Phi) is 2.95. The van der Waals surface area contributed by atoms with Crippen LogP contribution < -0.4 is 15.7 Å². The second-order valence-corrected chi connectivity index (χ2v) is 8.06. The van der Waals surface area contributed by atoms with Crippen LogP contribution in [0.1, 0.15) is 5.56 Å². The highest BCUT2D eigenvalue weighted by Gasteiger charge is 2.34. The molecule has 3 aromatic carbocycles. The molecule has 0 aromatic heterocycles. The van der Waals surface area contributed by atoms with Gasteiger partial charge in [0.05, 0.1) is 0 Å². The maximum absolute atomic E-state index is 13.8. The molecular formula is C19H16NOP. The standard InChI is InChI=1S/C19H16NOP/c1-14-11-12-18-17(13-14)16-9-5-6-10-19(16)22(21,20-18)15-7-3-2-4-8-15/h2-13H,1H3,(H,20,21). The van der Waals surface area contributed by atoms with Gasteiger partial charge in [-0.15, -0.1) is 0 Å². The maximum Gasteiger partial charge on any atom is 0.227 e. The van der Waals surface area contributed by atoms with E-state index in [-0.39, 0.29) is 0 Å². The lowest BCUT2D eigenvalue weighted by molar-refractivity contribution is 0.590. The molecule has 2 nitrogen and oxygen atoms in total. The van der Waals surface area contributed by atoms with E-state index in [1.54, 1.807) is 0 Å². The SMILES string of the molecule is Cc1ccc2c(c1)-c1ccccc1P(=O)(c1ccccc1)N2. The Balaban J connectivity index is 2.03. The number of benzene rings is 3. The van der Waals surface area contributed by atoms with Gasteiger partial charge in [-0.25, -0.2) is 0 Å². The fourth-order valence-electron chi connectivity index (χ4n) is 3.03. The first-order valence-electron chi connectivity index (χ1n) is 7.33. The van der Waals surface area contributed by atoms with Crippen molar-refractivity contribution in [2.24, 2.45) is 0 Å². The van der Waals surface area contributed by atoms with Crippen molar-refractivity contribution in [3.63, 3.8) is 0 Å². The fourth-order valence-corrected chi connectivity index (χ4v) is 5.51. The van der Waals surface area contributed by atoms with E-state index in [4.69, 9.17) is 0 Å². The van der Waals surface area contributed by atoms with E-state index in [2.05, 4.69) is 30.2 Å². The van der Waals surface area contributed by atoms with E-state index in [0.717, 1.165) is 27.4 Å². The predicted octanol–water partition coefficient (Wildman–Crippen LogP) is 4.32. The van der Waals surface area contributed by atoms with E-state index < -0.39 is 7.29 Å². The molecule has 1 N–H and O–H groups in total. The first-order valence-corrected chi connectivity index (χ1v) is 9.04. The molecule has 1 unspecified atom stereocenters. The predicted molar refractivity (Wildman–Crippen MR) is 93.6 cm³/mol. The van der Waals surface area contributed by atoms with Crippen LogP contribution in [0.5, 0.6) is 0 Å². The topological polar surface area (TPSA) is 29.1 Å². The van der Waals surface area contributed by atoms with Crippen molar-refractivity contribution in [2.75, 3.05) is 5.09 Å². The summed E-state index contributed by atoms with van der Waals surface area (Å²) in [6, 6.07) is 23.9. The van der Waals surface area contributed by atoms with E-state index in [1.165, 1.54) is 5.56 Å². The molecule has 1 aliphatic rings. The molecular weight excluding hydrogens is 289 g/mol. The summed E-state index contributed by atoms with van der Waals surface area (Å²) in [6.07, 6.45) is 0. The molecule has 4 rings (SSSR count). The molecule has 1 aliphatic heterocycles. The van der Waals surface area contributed by atoms with Crippen molar-refractivity contribution >= 4 is 23.6 Å². The van der Waals surface area contributed by atoms with Crippen LogP contribution in [-0.4, -0.2) is 0 Å². The van der Waals surface area contributed by atoms with Gasteiger partial charge in [-0.05, 0) is 42.8 Å². The third-order valence-electron chi connectivity index (χ3n) is 4.11. The quantitative estimate of drug-likeness (QED) is 0.679. The number of anilines is 1. The number of aryl methyl sites for hydroxylation is 1. The zero-order valence-corrected chi connectivity index (χ0v) is 13.2. The zero-order chi connectivity index (χ0) is 15.2. The number of hydrogen-bond acceptors (Lipinski definition) is 1.